The second-order valence-electron chi connectivity index (χ2n) is 6.57. The van der Waals surface area contributed by atoms with Gasteiger partial charge < -0.3 is 9.64 Å². The van der Waals surface area contributed by atoms with Gasteiger partial charge in [0.2, 0.25) is 5.65 Å². The van der Waals surface area contributed by atoms with E-state index >= 15 is 0 Å². The van der Waals surface area contributed by atoms with Crippen LogP contribution >= 0.6 is 11.6 Å². The molecule has 0 spiro atoms. The van der Waals surface area contributed by atoms with Crippen molar-refractivity contribution >= 4 is 17.2 Å². The van der Waals surface area contributed by atoms with Gasteiger partial charge in [-0.3, -0.25) is 4.40 Å². The maximum atomic E-state index is 8.83. The van der Waals surface area contributed by atoms with Crippen molar-refractivity contribution in [3.8, 4) is 23.2 Å². The normalized spacial score (nSPS) is 14.2. The van der Waals surface area contributed by atoms with E-state index in [1.807, 2.05) is 0 Å². The number of piperidine rings is 1. The van der Waals surface area contributed by atoms with E-state index in [9.17, 15) is 0 Å². The molecule has 1 fully saturated rings. The average Bonchev–Trinajstić information content (AvgIpc) is 3.26. The molecule has 0 amide bonds. The van der Waals surface area contributed by atoms with Crippen LogP contribution in [-0.2, 0) is 0 Å². The zero-order chi connectivity index (χ0) is 19.9. The Morgan fingerprint density at radius 1 is 1.18 bits per heavy atom. The van der Waals surface area contributed by atoms with Gasteiger partial charge in [-0.05, 0) is 44.6 Å². The first kappa shape index (κ1) is 20.1. The second kappa shape index (κ2) is 9.54. The van der Waals surface area contributed by atoms with Gasteiger partial charge in [-0.1, -0.05) is 37.1 Å². The van der Waals surface area contributed by atoms with Crippen LogP contribution in [0.2, 0.25) is 5.15 Å². The molecule has 0 saturated carbocycles. The molecule has 0 atom stereocenters. The van der Waals surface area contributed by atoms with Gasteiger partial charge in [0.15, 0.2) is 0 Å². The van der Waals surface area contributed by atoms with Crippen molar-refractivity contribution in [1.29, 1.82) is 5.26 Å². The Bertz CT molecular complexity index is 955. The standard InChI is InChI=1S/C14H9ClN4O.C7H15N/c1-20-14-13-17-6-7-19(13)12(15)11(18-14)10-4-2-9(8-16)3-5-10;1-2-8-6-4-3-5-7-8/h2-7H,1H3;2-7H2,1H3. The molecule has 1 aliphatic heterocycles. The van der Waals surface area contributed by atoms with Crippen molar-refractivity contribution in [3.05, 3.63) is 47.4 Å². The molecule has 2 aromatic heterocycles. The number of fused-ring (bicyclic) bond motifs is 1. The zero-order valence-corrected chi connectivity index (χ0v) is 17.0. The molecule has 146 valence electrons. The first-order valence-electron chi connectivity index (χ1n) is 9.47. The number of methoxy groups -OCH3 is 1. The summed E-state index contributed by atoms with van der Waals surface area (Å²) in [5.74, 6) is 0.402. The van der Waals surface area contributed by atoms with E-state index in [4.69, 9.17) is 21.6 Å². The molecule has 4 rings (SSSR count). The Kier molecular flexibility index (Phi) is 6.85. The Morgan fingerprint density at radius 3 is 2.46 bits per heavy atom. The van der Waals surface area contributed by atoms with Crippen LogP contribution in [0, 0.1) is 11.3 Å². The average molecular weight is 398 g/mol. The van der Waals surface area contributed by atoms with Crippen molar-refractivity contribution in [2.45, 2.75) is 26.2 Å². The SMILES string of the molecule is CCN1CCCCC1.COc1nc(-c2ccc(C#N)cc2)c(Cl)n2ccnc12. The summed E-state index contributed by atoms with van der Waals surface area (Å²) in [6.45, 7) is 6.18. The summed E-state index contributed by atoms with van der Waals surface area (Å²) < 4.78 is 6.95. The molecule has 0 radical (unpaired) electrons. The number of nitrogens with zero attached hydrogens (tertiary/aromatic N) is 5. The largest absolute Gasteiger partial charge is 0.478 e. The van der Waals surface area contributed by atoms with Crippen LogP contribution in [0.1, 0.15) is 31.7 Å². The van der Waals surface area contributed by atoms with Gasteiger partial charge in [0.1, 0.15) is 10.8 Å². The van der Waals surface area contributed by atoms with Crippen LogP contribution in [0.15, 0.2) is 36.7 Å². The fourth-order valence-corrected chi connectivity index (χ4v) is 3.52. The van der Waals surface area contributed by atoms with E-state index in [0.717, 1.165) is 5.56 Å². The number of halogens is 1. The summed E-state index contributed by atoms with van der Waals surface area (Å²) >= 11 is 6.36. The molecule has 3 heterocycles. The van der Waals surface area contributed by atoms with Crippen LogP contribution in [0.25, 0.3) is 16.9 Å². The van der Waals surface area contributed by atoms with Crippen molar-refractivity contribution in [3.63, 3.8) is 0 Å². The lowest BCUT2D eigenvalue weighted by molar-refractivity contribution is 0.240. The summed E-state index contributed by atoms with van der Waals surface area (Å²) in [4.78, 5) is 11.1. The number of hydrogen-bond donors (Lipinski definition) is 0. The van der Waals surface area contributed by atoms with Crippen LogP contribution in [0.5, 0.6) is 5.88 Å². The highest BCUT2D eigenvalue weighted by Gasteiger charge is 2.15. The monoisotopic (exact) mass is 397 g/mol. The first-order valence-corrected chi connectivity index (χ1v) is 9.85. The van der Waals surface area contributed by atoms with Gasteiger partial charge in [0.25, 0.3) is 5.88 Å². The quantitative estimate of drug-likeness (QED) is 0.654. The topological polar surface area (TPSA) is 66.5 Å². The highest BCUT2D eigenvalue weighted by molar-refractivity contribution is 6.32. The molecule has 0 bridgehead atoms. The number of imidazole rings is 1. The molecule has 7 heteroatoms. The van der Waals surface area contributed by atoms with E-state index in [1.54, 1.807) is 41.1 Å². The van der Waals surface area contributed by atoms with Crippen LogP contribution in [-0.4, -0.2) is 46.0 Å². The highest BCUT2D eigenvalue weighted by Crippen LogP contribution is 2.30. The number of aromatic nitrogens is 3. The van der Waals surface area contributed by atoms with Crippen molar-refractivity contribution < 1.29 is 4.74 Å². The molecule has 28 heavy (non-hydrogen) atoms. The van der Waals surface area contributed by atoms with E-state index in [1.165, 1.54) is 46.0 Å². The van der Waals surface area contributed by atoms with Crippen LogP contribution < -0.4 is 4.74 Å². The van der Waals surface area contributed by atoms with Crippen molar-refractivity contribution in [2.24, 2.45) is 0 Å². The van der Waals surface area contributed by atoms with E-state index in [2.05, 4.69) is 27.9 Å². The number of hydrogen-bond acceptors (Lipinski definition) is 5. The predicted molar refractivity (Wildman–Crippen MR) is 111 cm³/mol. The number of ether oxygens (including phenoxy) is 1. The number of likely N-dealkylation sites (tertiary alicyclic amines) is 1. The summed E-state index contributed by atoms with van der Waals surface area (Å²) in [6.07, 6.45) is 7.68. The Labute approximate surface area is 170 Å². The molecule has 0 unspecified atom stereocenters. The maximum absolute atomic E-state index is 8.83. The molecule has 1 aliphatic rings. The molecule has 6 nitrogen and oxygen atoms in total. The second-order valence-corrected chi connectivity index (χ2v) is 6.92. The predicted octanol–water partition coefficient (Wildman–Crippen LogP) is 4.42. The third kappa shape index (κ3) is 4.44. The minimum atomic E-state index is 0.402. The molecule has 0 N–H and O–H groups in total. The zero-order valence-electron chi connectivity index (χ0n) is 16.2. The maximum Gasteiger partial charge on any atom is 0.258 e. The lowest BCUT2D eigenvalue weighted by Gasteiger charge is -2.24. The molecule has 3 aromatic rings. The Balaban J connectivity index is 0.000000236. The van der Waals surface area contributed by atoms with Gasteiger partial charge in [-0.2, -0.15) is 5.26 Å². The summed E-state index contributed by atoms with van der Waals surface area (Å²) in [5.41, 5.74) is 2.54. The third-order valence-corrected chi connectivity index (χ3v) is 5.19. The molecule has 0 aliphatic carbocycles. The van der Waals surface area contributed by atoms with Gasteiger partial charge in [-0.25, -0.2) is 9.97 Å². The lowest BCUT2D eigenvalue weighted by Crippen LogP contribution is -2.29. The van der Waals surface area contributed by atoms with E-state index in [0.29, 0.717) is 27.9 Å². The molecular weight excluding hydrogens is 374 g/mol. The Morgan fingerprint density at radius 2 is 1.89 bits per heavy atom. The minimum Gasteiger partial charge on any atom is -0.478 e. The number of benzene rings is 1. The van der Waals surface area contributed by atoms with Crippen LogP contribution in [0.3, 0.4) is 0 Å². The highest BCUT2D eigenvalue weighted by atomic mass is 35.5. The number of nitriles is 1. The summed E-state index contributed by atoms with van der Waals surface area (Å²) in [7, 11) is 1.54. The minimum absolute atomic E-state index is 0.402. The summed E-state index contributed by atoms with van der Waals surface area (Å²) in [6, 6.07) is 9.12. The molecular formula is C21H24ClN5O. The van der Waals surface area contributed by atoms with Crippen LogP contribution in [0.4, 0.5) is 0 Å². The van der Waals surface area contributed by atoms with Gasteiger partial charge in [0.05, 0.1) is 18.7 Å². The van der Waals surface area contributed by atoms with Gasteiger partial charge in [-0.15, -0.1) is 0 Å². The fraction of sp³-hybridized carbons (Fsp3) is 0.381. The third-order valence-electron chi connectivity index (χ3n) is 4.83. The first-order chi connectivity index (χ1) is 13.7. The Hall–Kier alpha value is -2.62. The van der Waals surface area contributed by atoms with Crippen molar-refractivity contribution in [1.82, 2.24) is 19.3 Å². The summed E-state index contributed by atoms with van der Waals surface area (Å²) in [5, 5.41) is 9.27. The van der Waals surface area contributed by atoms with Gasteiger partial charge in [0, 0.05) is 18.0 Å². The lowest BCUT2D eigenvalue weighted by atomic mass is 10.1. The molecule has 1 saturated heterocycles. The smallest absolute Gasteiger partial charge is 0.258 e. The number of rotatable bonds is 3. The van der Waals surface area contributed by atoms with Gasteiger partial charge >= 0.3 is 0 Å². The molecule has 1 aromatic carbocycles. The van der Waals surface area contributed by atoms with E-state index < -0.39 is 0 Å². The fourth-order valence-electron chi connectivity index (χ4n) is 3.23. The van der Waals surface area contributed by atoms with E-state index in [-0.39, 0.29) is 0 Å². The van der Waals surface area contributed by atoms with Crippen molar-refractivity contribution in [2.75, 3.05) is 26.7 Å².